The molecule has 0 amide bonds. The first-order valence-electron chi connectivity index (χ1n) is 32.7. The Bertz CT molecular complexity index is 1680. The van der Waals surface area contributed by atoms with E-state index in [-0.39, 0.29) is 37.5 Å². The molecule has 0 saturated carbocycles. The van der Waals surface area contributed by atoms with Crippen LogP contribution in [0.3, 0.4) is 0 Å². The summed E-state index contributed by atoms with van der Waals surface area (Å²) in [6, 6.07) is 0. The molecule has 0 aromatic heterocycles. The van der Waals surface area contributed by atoms with Gasteiger partial charge in [0.05, 0.1) is 0 Å². The van der Waals surface area contributed by atoms with E-state index in [0.29, 0.717) is 19.3 Å². The lowest BCUT2D eigenvalue weighted by molar-refractivity contribution is -0.167. The number of hydrogen-bond donors (Lipinski definition) is 0. The first-order chi connectivity index (χ1) is 39.0. The third kappa shape index (κ3) is 64.3. The van der Waals surface area contributed by atoms with Crippen molar-refractivity contribution in [1.29, 1.82) is 0 Å². The summed E-state index contributed by atoms with van der Waals surface area (Å²) in [6.07, 6.45) is 93.3. The number of rotatable bonds is 58. The van der Waals surface area contributed by atoms with Crippen LogP contribution in [0.1, 0.15) is 290 Å². The van der Waals surface area contributed by atoms with Crippen molar-refractivity contribution in [3.8, 4) is 0 Å². The van der Waals surface area contributed by atoms with Gasteiger partial charge in [0, 0.05) is 19.3 Å². The molecular formula is C73H120O6. The molecule has 0 aromatic rings. The van der Waals surface area contributed by atoms with Crippen molar-refractivity contribution in [1.82, 2.24) is 0 Å². The minimum Gasteiger partial charge on any atom is -0.462 e. The average molecular weight is 1090 g/mol. The Kier molecular flexibility index (Phi) is 62.3. The maximum atomic E-state index is 12.9. The molecule has 0 N–H and O–H groups in total. The van der Waals surface area contributed by atoms with E-state index in [4.69, 9.17) is 14.2 Å². The smallest absolute Gasteiger partial charge is 0.306 e. The van der Waals surface area contributed by atoms with Gasteiger partial charge in [-0.3, -0.25) is 14.4 Å². The number of carbonyl (C=O) groups excluding carboxylic acids is 3. The number of hydrogen-bond acceptors (Lipinski definition) is 6. The lowest BCUT2D eigenvalue weighted by atomic mass is 10.0. The van der Waals surface area contributed by atoms with Crippen LogP contribution in [0.5, 0.6) is 0 Å². The summed E-state index contributed by atoms with van der Waals surface area (Å²) in [7, 11) is 0. The van der Waals surface area contributed by atoms with Crippen LogP contribution < -0.4 is 0 Å². The molecule has 0 aromatic carbocycles. The van der Waals surface area contributed by atoms with Crippen molar-refractivity contribution in [2.24, 2.45) is 0 Å². The Hall–Kier alpha value is -4.45. The normalized spacial score (nSPS) is 13.0. The highest BCUT2D eigenvalue weighted by Gasteiger charge is 2.19. The van der Waals surface area contributed by atoms with Crippen LogP contribution in [-0.2, 0) is 28.6 Å². The van der Waals surface area contributed by atoms with Gasteiger partial charge in [-0.25, -0.2) is 0 Å². The molecule has 448 valence electrons. The Labute approximate surface area is 487 Å². The molecule has 1 unspecified atom stereocenters. The predicted molar refractivity (Wildman–Crippen MR) is 343 cm³/mol. The average Bonchev–Trinajstić information content (AvgIpc) is 3.45. The second-order valence-electron chi connectivity index (χ2n) is 21.3. The van der Waals surface area contributed by atoms with Gasteiger partial charge >= 0.3 is 17.9 Å². The van der Waals surface area contributed by atoms with Crippen LogP contribution in [0.2, 0.25) is 0 Å². The van der Waals surface area contributed by atoms with E-state index >= 15 is 0 Å². The molecule has 1 atom stereocenters. The van der Waals surface area contributed by atoms with Crippen molar-refractivity contribution in [3.05, 3.63) is 134 Å². The molecule has 0 aliphatic rings. The fraction of sp³-hybridized carbons (Fsp3) is 0.658. The van der Waals surface area contributed by atoms with Gasteiger partial charge in [-0.15, -0.1) is 0 Å². The molecule has 0 fully saturated rings. The topological polar surface area (TPSA) is 78.9 Å². The number of carbonyl (C=O) groups is 3. The highest BCUT2D eigenvalue weighted by atomic mass is 16.6. The van der Waals surface area contributed by atoms with Crippen LogP contribution in [0.25, 0.3) is 0 Å². The zero-order valence-corrected chi connectivity index (χ0v) is 51.3. The Morgan fingerprint density at radius 3 is 0.797 bits per heavy atom. The van der Waals surface area contributed by atoms with Crippen LogP contribution in [0, 0.1) is 0 Å². The number of unbranched alkanes of at least 4 members (excludes halogenated alkanes) is 25. The van der Waals surface area contributed by atoms with Crippen molar-refractivity contribution >= 4 is 17.9 Å². The van der Waals surface area contributed by atoms with Crippen molar-refractivity contribution in [2.75, 3.05) is 13.2 Å². The van der Waals surface area contributed by atoms with Gasteiger partial charge in [0.15, 0.2) is 6.10 Å². The second kappa shape index (κ2) is 66.1. The van der Waals surface area contributed by atoms with Crippen LogP contribution >= 0.6 is 0 Å². The zero-order valence-electron chi connectivity index (χ0n) is 51.3. The Balaban J connectivity index is 4.35. The van der Waals surface area contributed by atoms with Crippen LogP contribution in [0.15, 0.2) is 134 Å². The number of allylic oxidation sites excluding steroid dienone is 22. The van der Waals surface area contributed by atoms with Gasteiger partial charge in [0.1, 0.15) is 13.2 Å². The maximum Gasteiger partial charge on any atom is 0.306 e. The first-order valence-corrected chi connectivity index (χ1v) is 32.7. The maximum absolute atomic E-state index is 12.9. The van der Waals surface area contributed by atoms with Crippen molar-refractivity contribution in [3.63, 3.8) is 0 Å². The third-order valence-corrected chi connectivity index (χ3v) is 13.6. The highest BCUT2D eigenvalue weighted by Crippen LogP contribution is 2.16. The van der Waals surface area contributed by atoms with Crippen LogP contribution in [0.4, 0.5) is 0 Å². The second-order valence-corrected chi connectivity index (χ2v) is 21.3. The van der Waals surface area contributed by atoms with E-state index in [9.17, 15) is 14.4 Å². The van der Waals surface area contributed by atoms with Gasteiger partial charge in [-0.1, -0.05) is 270 Å². The van der Waals surface area contributed by atoms with Crippen molar-refractivity contribution < 1.29 is 28.6 Å². The lowest BCUT2D eigenvalue weighted by Crippen LogP contribution is -2.30. The Morgan fingerprint density at radius 2 is 0.494 bits per heavy atom. The summed E-state index contributed by atoms with van der Waals surface area (Å²) >= 11 is 0. The van der Waals surface area contributed by atoms with E-state index < -0.39 is 6.10 Å². The zero-order chi connectivity index (χ0) is 57.1. The fourth-order valence-electron chi connectivity index (χ4n) is 8.79. The molecule has 0 bridgehead atoms. The monoisotopic (exact) mass is 1090 g/mol. The summed E-state index contributed by atoms with van der Waals surface area (Å²) in [5.74, 6) is -0.971. The van der Waals surface area contributed by atoms with Gasteiger partial charge < -0.3 is 14.2 Å². The summed E-state index contributed by atoms with van der Waals surface area (Å²) in [6.45, 7) is 6.35. The molecule has 0 radical (unpaired) electrons. The predicted octanol–water partition coefficient (Wildman–Crippen LogP) is 22.5. The van der Waals surface area contributed by atoms with Gasteiger partial charge in [-0.05, 0) is 135 Å². The molecule has 0 saturated heterocycles. The van der Waals surface area contributed by atoms with E-state index in [1.54, 1.807) is 0 Å². The molecule has 6 nitrogen and oxygen atoms in total. The molecule has 0 heterocycles. The quantitative estimate of drug-likeness (QED) is 0.0261. The standard InChI is InChI=1S/C73H120O6/c1-4-7-10-13-16-19-22-25-28-30-31-32-33-34-35-36-37-38-39-40-41-43-45-48-51-54-57-60-63-66-72(75)78-69-70(68-77-71(74)65-62-59-56-53-50-47-44-27-24-21-18-15-12-9-6-3)79-73(76)67-64-61-58-55-52-49-46-42-29-26-23-20-17-14-11-8-5-2/h8-9,11-12,17-18,20-22,25-27,29-31,33-34,44,46,49-50,53,70H,4-7,10,13-16,19,23-24,28,32,35-43,45,47-48,51-52,54-69H2,1-3H3/b11-8-,12-9-,20-17-,21-18-,25-22-,29-26-,31-30-,34-33-,44-27-,49-46-,53-50-. The molecule has 0 aliphatic carbocycles. The third-order valence-electron chi connectivity index (χ3n) is 13.6. The van der Waals surface area contributed by atoms with Crippen LogP contribution in [-0.4, -0.2) is 37.2 Å². The van der Waals surface area contributed by atoms with Gasteiger partial charge in [0.25, 0.3) is 0 Å². The van der Waals surface area contributed by atoms with E-state index in [1.165, 1.54) is 116 Å². The molecular weight excluding hydrogens is 973 g/mol. The minimum absolute atomic E-state index is 0.105. The largest absolute Gasteiger partial charge is 0.462 e. The van der Waals surface area contributed by atoms with Crippen molar-refractivity contribution in [2.45, 2.75) is 297 Å². The molecule has 79 heavy (non-hydrogen) atoms. The van der Waals surface area contributed by atoms with Gasteiger partial charge in [0.2, 0.25) is 0 Å². The molecule has 0 spiro atoms. The Morgan fingerprint density at radius 1 is 0.266 bits per heavy atom. The molecule has 0 aliphatic heterocycles. The van der Waals surface area contributed by atoms with Gasteiger partial charge in [-0.2, -0.15) is 0 Å². The lowest BCUT2D eigenvalue weighted by Gasteiger charge is -2.18. The first kappa shape index (κ1) is 74.5. The fourth-order valence-corrected chi connectivity index (χ4v) is 8.79. The van der Waals surface area contributed by atoms with E-state index in [0.717, 1.165) is 128 Å². The van der Waals surface area contributed by atoms with E-state index in [2.05, 4.69) is 154 Å². The SMILES string of the molecule is CC/C=C\C/C=C\C/C=C\C/C=C\CCCCCCC(=O)OC(COC(=O)CCCC/C=C\C/C=C\C/C=C\C/C=C\CC)COC(=O)CCCCCCCCCCCCCCCC/C=C\C/C=C\C/C=C\CCCCCCC. The molecule has 6 heteroatoms. The number of esters is 3. The summed E-state index contributed by atoms with van der Waals surface area (Å²) in [4.78, 5) is 38.3. The summed E-state index contributed by atoms with van der Waals surface area (Å²) in [5, 5.41) is 0. The number of ether oxygens (including phenoxy) is 3. The summed E-state index contributed by atoms with van der Waals surface area (Å²) in [5.41, 5.74) is 0. The molecule has 0 rings (SSSR count). The summed E-state index contributed by atoms with van der Waals surface area (Å²) < 4.78 is 16.9. The van der Waals surface area contributed by atoms with E-state index in [1.807, 2.05) is 0 Å². The highest BCUT2D eigenvalue weighted by molar-refractivity contribution is 5.71. The minimum atomic E-state index is -0.814.